The zero-order chi connectivity index (χ0) is 13.5. The van der Waals surface area contributed by atoms with E-state index in [0.29, 0.717) is 18.5 Å². The first-order valence-corrected chi connectivity index (χ1v) is 5.76. The van der Waals surface area contributed by atoms with Gasteiger partial charge in [-0.15, -0.1) is 0 Å². The number of hydrogen-bond acceptors (Lipinski definition) is 4. The number of nitro benzene ring substituents is 1. The highest BCUT2D eigenvalue weighted by Gasteiger charge is 2.15. The normalized spacial score (nSPS) is 11.9. The van der Waals surface area contributed by atoms with Crippen LogP contribution in [0.15, 0.2) is 24.3 Å². The molecule has 0 saturated carbocycles. The Morgan fingerprint density at radius 3 is 2.78 bits per heavy atom. The van der Waals surface area contributed by atoms with Crippen LogP contribution in [0.5, 0.6) is 0 Å². The summed E-state index contributed by atoms with van der Waals surface area (Å²) in [4.78, 5) is 22.0. The molecule has 1 aromatic rings. The lowest BCUT2D eigenvalue weighted by molar-refractivity contribution is -0.385. The van der Waals surface area contributed by atoms with Crippen LogP contribution in [0.2, 0.25) is 0 Å². The second-order valence-electron chi connectivity index (χ2n) is 4.08. The highest BCUT2D eigenvalue weighted by Crippen LogP contribution is 2.17. The van der Waals surface area contributed by atoms with Crippen LogP contribution < -0.4 is 11.1 Å². The van der Waals surface area contributed by atoms with E-state index in [1.165, 1.54) is 6.07 Å². The summed E-state index contributed by atoms with van der Waals surface area (Å²) in [6, 6.07) is 6.36. The quantitative estimate of drug-likeness (QED) is 0.586. The molecule has 1 atom stereocenters. The van der Waals surface area contributed by atoms with Crippen LogP contribution in [0.25, 0.3) is 0 Å². The van der Waals surface area contributed by atoms with Gasteiger partial charge in [-0.1, -0.05) is 25.1 Å². The summed E-state index contributed by atoms with van der Waals surface area (Å²) in [6.45, 7) is 2.38. The SMILES string of the molecule is CC(CCN)C(=O)NCc1ccccc1[N+](=O)[O-]. The van der Waals surface area contributed by atoms with Crippen molar-refractivity contribution in [1.29, 1.82) is 0 Å². The first-order valence-electron chi connectivity index (χ1n) is 5.76. The summed E-state index contributed by atoms with van der Waals surface area (Å²) in [5, 5.41) is 13.5. The molecule has 0 spiro atoms. The predicted molar refractivity (Wildman–Crippen MR) is 67.8 cm³/mol. The summed E-state index contributed by atoms with van der Waals surface area (Å²) in [5.74, 6) is -0.323. The standard InChI is InChI=1S/C12H17N3O3/c1-9(6-7-13)12(16)14-8-10-4-2-3-5-11(10)15(17)18/h2-5,9H,6-8,13H2,1H3,(H,14,16). The number of benzene rings is 1. The highest BCUT2D eigenvalue weighted by atomic mass is 16.6. The summed E-state index contributed by atoms with van der Waals surface area (Å²) in [6.07, 6.45) is 0.600. The average Bonchev–Trinajstić information content (AvgIpc) is 2.36. The maximum Gasteiger partial charge on any atom is 0.274 e. The van der Waals surface area contributed by atoms with Crippen molar-refractivity contribution in [1.82, 2.24) is 5.32 Å². The molecule has 0 aromatic heterocycles. The van der Waals surface area contributed by atoms with E-state index in [4.69, 9.17) is 5.73 Å². The van der Waals surface area contributed by atoms with Crippen molar-refractivity contribution in [2.45, 2.75) is 19.9 Å². The third-order valence-electron chi connectivity index (χ3n) is 2.69. The smallest absolute Gasteiger partial charge is 0.274 e. The summed E-state index contributed by atoms with van der Waals surface area (Å²) < 4.78 is 0. The Kier molecular flexibility index (Phi) is 5.26. The second kappa shape index (κ2) is 6.70. The van der Waals surface area contributed by atoms with E-state index in [9.17, 15) is 14.9 Å². The third kappa shape index (κ3) is 3.81. The Hall–Kier alpha value is -1.95. The van der Waals surface area contributed by atoms with Crippen LogP contribution in [0.4, 0.5) is 5.69 Å². The van der Waals surface area contributed by atoms with E-state index in [1.807, 2.05) is 0 Å². The van der Waals surface area contributed by atoms with Crippen molar-refractivity contribution in [3.05, 3.63) is 39.9 Å². The van der Waals surface area contributed by atoms with E-state index in [-0.39, 0.29) is 24.1 Å². The number of amides is 1. The first kappa shape index (κ1) is 14.1. The molecule has 0 bridgehead atoms. The molecule has 18 heavy (non-hydrogen) atoms. The van der Waals surface area contributed by atoms with Gasteiger partial charge in [-0.05, 0) is 13.0 Å². The van der Waals surface area contributed by atoms with Crippen LogP contribution in [0, 0.1) is 16.0 Å². The van der Waals surface area contributed by atoms with Gasteiger partial charge in [-0.2, -0.15) is 0 Å². The van der Waals surface area contributed by atoms with E-state index in [2.05, 4.69) is 5.32 Å². The Bertz CT molecular complexity index is 434. The molecular formula is C12H17N3O3. The first-order chi connectivity index (χ1) is 8.56. The van der Waals surface area contributed by atoms with Gasteiger partial charge in [0.15, 0.2) is 0 Å². The Labute approximate surface area is 105 Å². The van der Waals surface area contributed by atoms with Gasteiger partial charge in [0.25, 0.3) is 5.69 Å². The molecule has 0 fully saturated rings. The van der Waals surface area contributed by atoms with Crippen LogP contribution in [-0.2, 0) is 11.3 Å². The lowest BCUT2D eigenvalue weighted by atomic mass is 10.1. The lowest BCUT2D eigenvalue weighted by Crippen LogP contribution is -2.30. The molecule has 1 amide bonds. The van der Waals surface area contributed by atoms with E-state index in [1.54, 1.807) is 25.1 Å². The Morgan fingerprint density at radius 1 is 1.50 bits per heavy atom. The van der Waals surface area contributed by atoms with Crippen molar-refractivity contribution in [3.8, 4) is 0 Å². The molecule has 0 heterocycles. The molecule has 1 unspecified atom stereocenters. The van der Waals surface area contributed by atoms with Crippen LogP contribution >= 0.6 is 0 Å². The molecule has 98 valence electrons. The van der Waals surface area contributed by atoms with Gasteiger partial charge in [0.1, 0.15) is 0 Å². The van der Waals surface area contributed by atoms with Gasteiger partial charge >= 0.3 is 0 Å². The number of rotatable bonds is 6. The van der Waals surface area contributed by atoms with Crippen molar-refractivity contribution < 1.29 is 9.72 Å². The van der Waals surface area contributed by atoms with Crippen molar-refractivity contribution in [2.75, 3.05) is 6.54 Å². The van der Waals surface area contributed by atoms with Crippen molar-refractivity contribution >= 4 is 11.6 Å². The summed E-state index contributed by atoms with van der Waals surface area (Å²) >= 11 is 0. The number of nitrogens with two attached hydrogens (primary N) is 1. The van der Waals surface area contributed by atoms with Crippen molar-refractivity contribution in [2.24, 2.45) is 11.7 Å². The fraction of sp³-hybridized carbons (Fsp3) is 0.417. The molecule has 0 saturated heterocycles. The molecule has 0 aliphatic carbocycles. The monoisotopic (exact) mass is 251 g/mol. The molecule has 0 aliphatic heterocycles. The highest BCUT2D eigenvalue weighted by molar-refractivity contribution is 5.78. The maximum atomic E-state index is 11.7. The third-order valence-corrected chi connectivity index (χ3v) is 2.69. The molecule has 3 N–H and O–H groups in total. The van der Waals surface area contributed by atoms with Gasteiger partial charge in [0.05, 0.1) is 4.92 Å². The fourth-order valence-corrected chi connectivity index (χ4v) is 1.58. The minimum atomic E-state index is -0.454. The fourth-order valence-electron chi connectivity index (χ4n) is 1.58. The molecule has 6 heteroatoms. The van der Waals surface area contributed by atoms with E-state index < -0.39 is 4.92 Å². The number of carbonyl (C=O) groups excluding carboxylic acids is 1. The Morgan fingerprint density at radius 2 is 2.17 bits per heavy atom. The van der Waals surface area contributed by atoms with Gasteiger partial charge in [-0.25, -0.2) is 0 Å². The second-order valence-corrected chi connectivity index (χ2v) is 4.08. The number of carbonyl (C=O) groups is 1. The van der Waals surface area contributed by atoms with Gasteiger partial charge < -0.3 is 11.1 Å². The van der Waals surface area contributed by atoms with Gasteiger partial charge in [0.2, 0.25) is 5.91 Å². The summed E-state index contributed by atoms with van der Waals surface area (Å²) in [5.41, 5.74) is 5.88. The molecule has 1 rings (SSSR count). The molecular weight excluding hydrogens is 234 g/mol. The zero-order valence-corrected chi connectivity index (χ0v) is 10.3. The number of nitrogens with one attached hydrogen (secondary N) is 1. The number of para-hydroxylation sites is 1. The van der Waals surface area contributed by atoms with Crippen LogP contribution in [0.1, 0.15) is 18.9 Å². The minimum Gasteiger partial charge on any atom is -0.352 e. The molecule has 0 radical (unpaired) electrons. The minimum absolute atomic E-state index is 0.0178. The average molecular weight is 251 g/mol. The maximum absolute atomic E-state index is 11.7. The molecule has 1 aromatic carbocycles. The van der Waals surface area contributed by atoms with Gasteiger partial charge in [0, 0.05) is 24.1 Å². The molecule has 0 aliphatic rings. The van der Waals surface area contributed by atoms with Crippen molar-refractivity contribution in [3.63, 3.8) is 0 Å². The van der Waals surface area contributed by atoms with Crippen LogP contribution in [0.3, 0.4) is 0 Å². The predicted octanol–water partition coefficient (Wildman–Crippen LogP) is 1.20. The largest absolute Gasteiger partial charge is 0.352 e. The summed E-state index contributed by atoms with van der Waals surface area (Å²) in [7, 11) is 0. The lowest BCUT2D eigenvalue weighted by Gasteiger charge is -2.11. The number of hydrogen-bond donors (Lipinski definition) is 2. The van der Waals surface area contributed by atoms with Gasteiger partial charge in [-0.3, -0.25) is 14.9 Å². The topological polar surface area (TPSA) is 98.3 Å². The number of nitrogens with zero attached hydrogens (tertiary/aromatic N) is 1. The van der Waals surface area contributed by atoms with E-state index in [0.717, 1.165) is 0 Å². The zero-order valence-electron chi connectivity index (χ0n) is 10.3. The van der Waals surface area contributed by atoms with E-state index >= 15 is 0 Å². The number of nitro groups is 1. The molecule has 6 nitrogen and oxygen atoms in total. The Balaban J connectivity index is 2.64. The van der Waals surface area contributed by atoms with Crippen LogP contribution in [-0.4, -0.2) is 17.4 Å².